The van der Waals surface area contributed by atoms with Crippen molar-refractivity contribution in [1.82, 2.24) is 5.32 Å². The molecule has 0 radical (unpaired) electrons. The summed E-state index contributed by atoms with van der Waals surface area (Å²) in [5, 5.41) is 5.97. The fourth-order valence-corrected chi connectivity index (χ4v) is 2.64. The molecule has 1 aliphatic rings. The number of anilines is 1. The van der Waals surface area contributed by atoms with E-state index < -0.39 is 0 Å². The zero-order chi connectivity index (χ0) is 13.0. The van der Waals surface area contributed by atoms with Gasteiger partial charge in [0.2, 0.25) is 0 Å². The third-order valence-electron chi connectivity index (χ3n) is 4.05. The Morgan fingerprint density at radius 2 is 1.89 bits per heavy atom. The highest BCUT2D eigenvalue weighted by atomic mass is 16.2. The van der Waals surface area contributed by atoms with E-state index in [1.807, 2.05) is 30.3 Å². The van der Waals surface area contributed by atoms with Gasteiger partial charge in [0.25, 0.3) is 0 Å². The van der Waals surface area contributed by atoms with Crippen LogP contribution in [0.3, 0.4) is 0 Å². The molecule has 1 aromatic rings. The first-order chi connectivity index (χ1) is 8.66. The minimum Gasteiger partial charge on any atom is -0.335 e. The van der Waals surface area contributed by atoms with Gasteiger partial charge < -0.3 is 10.6 Å². The van der Waals surface area contributed by atoms with Crippen LogP contribution in [0.25, 0.3) is 0 Å². The number of benzene rings is 1. The number of para-hydroxylation sites is 1. The highest BCUT2D eigenvalue weighted by molar-refractivity contribution is 5.89. The third kappa shape index (κ3) is 3.25. The Labute approximate surface area is 109 Å². The molecule has 3 nitrogen and oxygen atoms in total. The maximum atomic E-state index is 11.9. The van der Waals surface area contributed by atoms with Gasteiger partial charge in [0.05, 0.1) is 0 Å². The summed E-state index contributed by atoms with van der Waals surface area (Å²) in [5.74, 6) is 1.25. The van der Waals surface area contributed by atoms with Gasteiger partial charge in [0.1, 0.15) is 0 Å². The Balaban J connectivity index is 1.87. The van der Waals surface area contributed by atoms with Gasteiger partial charge in [-0.3, -0.25) is 0 Å². The molecule has 0 aliphatic heterocycles. The molecule has 1 saturated carbocycles. The summed E-state index contributed by atoms with van der Waals surface area (Å²) in [6.07, 6.45) is 3.58. The molecule has 2 rings (SSSR count). The minimum atomic E-state index is -0.0906. The number of carbonyl (C=O) groups excluding carboxylic acids is 1. The van der Waals surface area contributed by atoms with Crippen LogP contribution in [0.2, 0.25) is 0 Å². The zero-order valence-corrected chi connectivity index (χ0v) is 11.1. The van der Waals surface area contributed by atoms with Gasteiger partial charge in [-0.1, -0.05) is 44.9 Å². The fraction of sp³-hybridized carbons (Fsp3) is 0.533. The SMILES string of the molecule is C[C@@H]1[C@H](C)CCC[C@H]1NC(=O)Nc1ccccc1. The molecule has 3 heteroatoms. The van der Waals surface area contributed by atoms with E-state index in [-0.39, 0.29) is 6.03 Å². The summed E-state index contributed by atoms with van der Waals surface area (Å²) in [4.78, 5) is 11.9. The standard InChI is InChI=1S/C15H22N2O/c1-11-7-6-10-14(12(11)2)17-15(18)16-13-8-4-3-5-9-13/h3-5,8-9,11-12,14H,6-7,10H2,1-2H3,(H2,16,17,18)/t11-,12-,14-/m1/s1. The maximum absolute atomic E-state index is 11.9. The van der Waals surface area contributed by atoms with Crippen molar-refractivity contribution in [2.45, 2.75) is 39.2 Å². The van der Waals surface area contributed by atoms with Crippen molar-refractivity contribution in [1.29, 1.82) is 0 Å². The zero-order valence-electron chi connectivity index (χ0n) is 11.1. The summed E-state index contributed by atoms with van der Waals surface area (Å²) in [6.45, 7) is 4.50. The molecule has 18 heavy (non-hydrogen) atoms. The number of hydrogen-bond donors (Lipinski definition) is 2. The average molecular weight is 246 g/mol. The number of nitrogens with one attached hydrogen (secondary N) is 2. The second kappa shape index (κ2) is 5.89. The van der Waals surface area contributed by atoms with Gasteiger partial charge in [0, 0.05) is 11.7 Å². The highest BCUT2D eigenvalue weighted by Gasteiger charge is 2.27. The number of carbonyl (C=O) groups is 1. The average Bonchev–Trinajstić information content (AvgIpc) is 2.36. The monoisotopic (exact) mass is 246 g/mol. The van der Waals surface area contributed by atoms with E-state index in [9.17, 15) is 4.79 Å². The van der Waals surface area contributed by atoms with Crippen LogP contribution in [0.1, 0.15) is 33.1 Å². The lowest BCUT2D eigenvalue weighted by Gasteiger charge is -2.34. The van der Waals surface area contributed by atoms with E-state index in [1.54, 1.807) is 0 Å². The summed E-state index contributed by atoms with van der Waals surface area (Å²) in [7, 11) is 0. The van der Waals surface area contributed by atoms with E-state index in [0.717, 1.165) is 12.1 Å². The summed E-state index contributed by atoms with van der Waals surface area (Å²) < 4.78 is 0. The molecular formula is C15H22N2O. The molecular weight excluding hydrogens is 224 g/mol. The summed E-state index contributed by atoms with van der Waals surface area (Å²) in [5.41, 5.74) is 0.839. The van der Waals surface area contributed by atoms with E-state index in [4.69, 9.17) is 0 Å². The van der Waals surface area contributed by atoms with Crippen molar-refractivity contribution in [3.05, 3.63) is 30.3 Å². The molecule has 0 spiro atoms. The molecule has 0 unspecified atom stereocenters. The van der Waals surface area contributed by atoms with Gasteiger partial charge in [-0.15, -0.1) is 0 Å². The van der Waals surface area contributed by atoms with Crippen LogP contribution in [0, 0.1) is 11.8 Å². The van der Waals surface area contributed by atoms with Gasteiger partial charge in [-0.2, -0.15) is 0 Å². The van der Waals surface area contributed by atoms with E-state index >= 15 is 0 Å². The van der Waals surface area contributed by atoms with Crippen LogP contribution in [0.5, 0.6) is 0 Å². The first kappa shape index (κ1) is 12.9. The minimum absolute atomic E-state index is 0.0906. The molecule has 1 aromatic carbocycles. The second-order valence-electron chi connectivity index (χ2n) is 5.34. The van der Waals surface area contributed by atoms with Crippen molar-refractivity contribution in [3.63, 3.8) is 0 Å². The molecule has 0 aromatic heterocycles. The molecule has 3 atom stereocenters. The van der Waals surface area contributed by atoms with E-state index in [2.05, 4.69) is 24.5 Å². The Hall–Kier alpha value is -1.51. The lowest BCUT2D eigenvalue weighted by Crippen LogP contribution is -2.45. The number of hydrogen-bond acceptors (Lipinski definition) is 1. The van der Waals surface area contributed by atoms with Crippen LogP contribution in [-0.2, 0) is 0 Å². The summed E-state index contributed by atoms with van der Waals surface area (Å²) in [6, 6.07) is 9.78. The quantitative estimate of drug-likeness (QED) is 0.822. The predicted molar refractivity (Wildman–Crippen MR) is 74.6 cm³/mol. The van der Waals surface area contributed by atoms with Gasteiger partial charge >= 0.3 is 6.03 Å². The van der Waals surface area contributed by atoms with Crippen molar-refractivity contribution >= 4 is 11.7 Å². The molecule has 0 saturated heterocycles. The first-order valence-corrected chi connectivity index (χ1v) is 6.79. The molecule has 2 N–H and O–H groups in total. The van der Waals surface area contributed by atoms with Crippen molar-refractivity contribution in [2.75, 3.05) is 5.32 Å². The number of amides is 2. The molecule has 1 fully saturated rings. The van der Waals surface area contributed by atoms with Crippen LogP contribution in [-0.4, -0.2) is 12.1 Å². The molecule has 1 aliphatic carbocycles. The van der Waals surface area contributed by atoms with Crippen LogP contribution < -0.4 is 10.6 Å². The lowest BCUT2D eigenvalue weighted by atomic mass is 9.78. The normalized spacial score (nSPS) is 27.6. The number of urea groups is 1. The van der Waals surface area contributed by atoms with Crippen LogP contribution in [0.15, 0.2) is 30.3 Å². The Morgan fingerprint density at radius 1 is 1.17 bits per heavy atom. The largest absolute Gasteiger partial charge is 0.335 e. The van der Waals surface area contributed by atoms with E-state index in [1.165, 1.54) is 12.8 Å². The van der Waals surface area contributed by atoms with Crippen LogP contribution >= 0.6 is 0 Å². The Morgan fingerprint density at radius 3 is 2.61 bits per heavy atom. The van der Waals surface area contributed by atoms with Gasteiger partial charge in [-0.05, 0) is 30.4 Å². The number of rotatable bonds is 2. The summed E-state index contributed by atoms with van der Waals surface area (Å²) >= 11 is 0. The molecule has 0 bridgehead atoms. The third-order valence-corrected chi connectivity index (χ3v) is 4.05. The fourth-order valence-electron chi connectivity index (χ4n) is 2.64. The predicted octanol–water partition coefficient (Wildman–Crippen LogP) is 3.63. The first-order valence-electron chi connectivity index (χ1n) is 6.79. The highest BCUT2D eigenvalue weighted by Crippen LogP contribution is 2.29. The van der Waals surface area contributed by atoms with Crippen molar-refractivity contribution in [2.24, 2.45) is 11.8 Å². The van der Waals surface area contributed by atoms with Crippen molar-refractivity contribution in [3.8, 4) is 0 Å². The topological polar surface area (TPSA) is 41.1 Å². The molecule has 2 amide bonds. The lowest BCUT2D eigenvalue weighted by molar-refractivity contribution is 0.201. The van der Waals surface area contributed by atoms with E-state index in [0.29, 0.717) is 17.9 Å². The molecule has 0 heterocycles. The van der Waals surface area contributed by atoms with Gasteiger partial charge in [-0.25, -0.2) is 4.79 Å². The maximum Gasteiger partial charge on any atom is 0.319 e. The van der Waals surface area contributed by atoms with Gasteiger partial charge in [0.15, 0.2) is 0 Å². The Kier molecular flexibility index (Phi) is 4.24. The second-order valence-corrected chi connectivity index (χ2v) is 5.34. The Bertz CT molecular complexity index is 391. The molecule has 98 valence electrons. The van der Waals surface area contributed by atoms with Crippen molar-refractivity contribution < 1.29 is 4.79 Å². The van der Waals surface area contributed by atoms with Crippen LogP contribution in [0.4, 0.5) is 10.5 Å². The smallest absolute Gasteiger partial charge is 0.319 e.